The van der Waals surface area contributed by atoms with E-state index in [1.165, 1.54) is 0 Å². The summed E-state index contributed by atoms with van der Waals surface area (Å²) in [7, 11) is 0. The van der Waals surface area contributed by atoms with Crippen molar-refractivity contribution in [2.24, 2.45) is 0 Å². The summed E-state index contributed by atoms with van der Waals surface area (Å²) in [5.41, 5.74) is 0. The molecule has 1 saturated heterocycles. The van der Waals surface area contributed by atoms with Gasteiger partial charge in [-0.3, -0.25) is 9.69 Å². The van der Waals surface area contributed by atoms with Crippen molar-refractivity contribution in [1.29, 1.82) is 0 Å². The molecule has 0 aromatic rings. The lowest BCUT2D eigenvalue weighted by Gasteiger charge is -2.18. The molecule has 0 aromatic heterocycles. The first kappa shape index (κ1) is 11.4. The van der Waals surface area contributed by atoms with Crippen molar-refractivity contribution >= 4 is 6.47 Å². The van der Waals surface area contributed by atoms with Crippen molar-refractivity contribution in [2.75, 3.05) is 13.1 Å². The van der Waals surface area contributed by atoms with Crippen LogP contribution in [0.15, 0.2) is 0 Å². The van der Waals surface area contributed by atoms with Crippen molar-refractivity contribution in [2.45, 2.75) is 32.4 Å². The van der Waals surface area contributed by atoms with Crippen molar-refractivity contribution < 1.29 is 15.0 Å². The van der Waals surface area contributed by atoms with Crippen molar-refractivity contribution in [3.8, 4) is 0 Å². The van der Waals surface area contributed by atoms with Gasteiger partial charge in [-0.05, 0) is 20.3 Å². The van der Waals surface area contributed by atoms with E-state index in [2.05, 4.69) is 18.7 Å². The van der Waals surface area contributed by atoms with E-state index in [4.69, 9.17) is 15.0 Å². The Bertz CT molecular complexity index is 127. The first-order chi connectivity index (χ1) is 5.61. The smallest absolute Gasteiger partial charge is 0.290 e. The van der Waals surface area contributed by atoms with Gasteiger partial charge in [0.25, 0.3) is 6.47 Å². The van der Waals surface area contributed by atoms with Gasteiger partial charge in [-0.1, -0.05) is 0 Å². The van der Waals surface area contributed by atoms with Gasteiger partial charge in [-0.25, -0.2) is 0 Å². The number of nitrogens with zero attached hydrogens (tertiary/aromatic N) is 1. The fourth-order valence-electron chi connectivity index (χ4n) is 1.24. The van der Waals surface area contributed by atoms with E-state index < -0.39 is 0 Å². The normalized spacial score (nSPS) is 23.5. The van der Waals surface area contributed by atoms with Gasteiger partial charge in [0.15, 0.2) is 0 Å². The average Bonchev–Trinajstić information content (AvgIpc) is 2.37. The van der Waals surface area contributed by atoms with Gasteiger partial charge in [0, 0.05) is 19.1 Å². The molecule has 1 aliphatic rings. The Balaban J connectivity index is 0.000000354. The fraction of sp³-hybridized carbons (Fsp3) is 0.875. The molecule has 0 aliphatic carbocycles. The maximum Gasteiger partial charge on any atom is 0.290 e. The maximum absolute atomic E-state index is 9.11. The molecule has 12 heavy (non-hydrogen) atoms. The molecule has 4 heteroatoms. The predicted octanol–water partition coefficient (Wildman–Crippen LogP) is 0.162. The van der Waals surface area contributed by atoms with Crippen LogP contribution in [0.25, 0.3) is 0 Å². The number of carboxylic acid groups (broad SMARTS) is 1. The van der Waals surface area contributed by atoms with E-state index in [-0.39, 0.29) is 12.6 Å². The zero-order valence-electron chi connectivity index (χ0n) is 7.60. The van der Waals surface area contributed by atoms with E-state index in [1.807, 2.05) is 0 Å². The predicted molar refractivity (Wildman–Crippen MR) is 46.0 cm³/mol. The van der Waals surface area contributed by atoms with Gasteiger partial charge in [-0.2, -0.15) is 0 Å². The number of likely N-dealkylation sites (tertiary alicyclic amines) is 1. The first-order valence-electron chi connectivity index (χ1n) is 4.11. The first-order valence-corrected chi connectivity index (χ1v) is 4.11. The van der Waals surface area contributed by atoms with Crippen molar-refractivity contribution in [1.82, 2.24) is 4.90 Å². The highest BCUT2D eigenvalue weighted by atomic mass is 16.3. The SMILES string of the molecule is CC(C)N1CCC(O)C1.O=CO. The van der Waals surface area contributed by atoms with Gasteiger partial charge >= 0.3 is 0 Å². The molecule has 1 aliphatic heterocycles. The summed E-state index contributed by atoms with van der Waals surface area (Å²) in [6.45, 7) is 6.02. The molecular formula is C8H17NO3. The zero-order valence-corrected chi connectivity index (χ0v) is 7.60. The molecule has 1 fully saturated rings. The number of carbonyl (C=O) groups is 1. The van der Waals surface area contributed by atoms with Crippen LogP contribution < -0.4 is 0 Å². The topological polar surface area (TPSA) is 60.8 Å². The van der Waals surface area contributed by atoms with E-state index in [0.717, 1.165) is 19.5 Å². The molecule has 1 atom stereocenters. The largest absolute Gasteiger partial charge is 0.483 e. The zero-order chi connectivity index (χ0) is 9.56. The van der Waals surface area contributed by atoms with Gasteiger partial charge in [0.2, 0.25) is 0 Å². The van der Waals surface area contributed by atoms with Gasteiger partial charge in [0.1, 0.15) is 0 Å². The molecule has 2 N–H and O–H groups in total. The van der Waals surface area contributed by atoms with Crippen LogP contribution in [0.5, 0.6) is 0 Å². The molecular weight excluding hydrogens is 158 g/mol. The Morgan fingerprint density at radius 1 is 1.58 bits per heavy atom. The number of aliphatic hydroxyl groups excluding tert-OH is 1. The Morgan fingerprint density at radius 2 is 2.08 bits per heavy atom. The highest BCUT2D eigenvalue weighted by molar-refractivity contribution is 5.32. The molecule has 4 nitrogen and oxygen atoms in total. The standard InChI is InChI=1S/C7H15NO.CH2O2/c1-6(2)8-4-3-7(9)5-8;2-1-3/h6-7,9H,3-5H2,1-2H3;1H,(H,2,3). The minimum absolute atomic E-state index is 0.0626. The van der Waals surface area contributed by atoms with E-state index in [0.29, 0.717) is 6.04 Å². The monoisotopic (exact) mass is 175 g/mol. The minimum atomic E-state index is -0.250. The molecule has 72 valence electrons. The average molecular weight is 175 g/mol. The highest BCUT2D eigenvalue weighted by Crippen LogP contribution is 2.11. The van der Waals surface area contributed by atoms with Crippen LogP contribution in [0.1, 0.15) is 20.3 Å². The Kier molecular flexibility index (Phi) is 5.66. The van der Waals surface area contributed by atoms with Crippen LogP contribution in [0, 0.1) is 0 Å². The summed E-state index contributed by atoms with van der Waals surface area (Å²) >= 11 is 0. The van der Waals surface area contributed by atoms with Crippen LogP contribution in [0.3, 0.4) is 0 Å². The molecule has 0 spiro atoms. The third-order valence-corrected chi connectivity index (χ3v) is 1.93. The second kappa shape index (κ2) is 5.97. The second-order valence-corrected chi connectivity index (χ2v) is 3.14. The fourth-order valence-corrected chi connectivity index (χ4v) is 1.24. The van der Waals surface area contributed by atoms with Crippen LogP contribution >= 0.6 is 0 Å². The second-order valence-electron chi connectivity index (χ2n) is 3.14. The summed E-state index contributed by atoms with van der Waals surface area (Å²) in [5, 5.41) is 16.0. The Labute approximate surface area is 72.8 Å². The lowest BCUT2D eigenvalue weighted by molar-refractivity contribution is -0.122. The number of rotatable bonds is 1. The molecule has 0 radical (unpaired) electrons. The van der Waals surface area contributed by atoms with Crippen LogP contribution in [0.2, 0.25) is 0 Å². The molecule has 0 aromatic carbocycles. The molecule has 0 bridgehead atoms. The number of hydrogen-bond donors (Lipinski definition) is 2. The van der Waals surface area contributed by atoms with E-state index >= 15 is 0 Å². The number of aliphatic hydroxyl groups is 1. The minimum Gasteiger partial charge on any atom is -0.483 e. The van der Waals surface area contributed by atoms with Gasteiger partial charge in [0.05, 0.1) is 6.10 Å². The summed E-state index contributed by atoms with van der Waals surface area (Å²) < 4.78 is 0. The molecule has 1 unspecified atom stereocenters. The Morgan fingerprint density at radius 3 is 2.25 bits per heavy atom. The van der Waals surface area contributed by atoms with Crippen LogP contribution in [0.4, 0.5) is 0 Å². The molecule has 1 heterocycles. The van der Waals surface area contributed by atoms with Gasteiger partial charge < -0.3 is 10.2 Å². The Hall–Kier alpha value is -0.610. The number of β-amino-alcohol motifs (C(OH)–C–C–N with tert-alkyl or cyclic N) is 1. The van der Waals surface area contributed by atoms with Crippen LogP contribution in [-0.4, -0.2) is 46.8 Å². The molecule has 1 rings (SSSR count). The lowest BCUT2D eigenvalue weighted by Crippen LogP contribution is -2.28. The highest BCUT2D eigenvalue weighted by Gasteiger charge is 2.21. The number of hydrogen-bond acceptors (Lipinski definition) is 3. The summed E-state index contributed by atoms with van der Waals surface area (Å²) in [6.07, 6.45) is 0.894. The lowest BCUT2D eigenvalue weighted by atomic mass is 10.3. The van der Waals surface area contributed by atoms with Gasteiger partial charge in [-0.15, -0.1) is 0 Å². The third kappa shape index (κ3) is 4.31. The van der Waals surface area contributed by atoms with Crippen molar-refractivity contribution in [3.05, 3.63) is 0 Å². The quantitative estimate of drug-likeness (QED) is 0.557. The summed E-state index contributed by atoms with van der Waals surface area (Å²) in [5.74, 6) is 0. The van der Waals surface area contributed by atoms with Crippen molar-refractivity contribution in [3.63, 3.8) is 0 Å². The third-order valence-electron chi connectivity index (χ3n) is 1.93. The van der Waals surface area contributed by atoms with E-state index in [9.17, 15) is 0 Å². The molecule has 0 amide bonds. The molecule has 0 saturated carbocycles. The van der Waals surface area contributed by atoms with E-state index in [1.54, 1.807) is 0 Å². The summed E-state index contributed by atoms with van der Waals surface area (Å²) in [4.78, 5) is 10.7. The summed E-state index contributed by atoms with van der Waals surface area (Å²) in [6, 6.07) is 0.599. The van der Waals surface area contributed by atoms with Crippen LogP contribution in [-0.2, 0) is 4.79 Å². The maximum atomic E-state index is 9.11.